The van der Waals surface area contributed by atoms with Crippen LogP contribution in [0.2, 0.25) is 0 Å². The minimum absolute atomic E-state index is 0.0145. The van der Waals surface area contributed by atoms with Crippen LogP contribution in [0.15, 0.2) is 36.8 Å². The molecule has 2 saturated heterocycles. The van der Waals surface area contributed by atoms with Crippen LogP contribution in [-0.2, 0) is 7.05 Å². The van der Waals surface area contributed by atoms with Gasteiger partial charge in [-0.3, -0.25) is 4.68 Å². The molecule has 33 heavy (non-hydrogen) atoms. The van der Waals surface area contributed by atoms with E-state index in [1.807, 2.05) is 36.2 Å². The zero-order chi connectivity index (χ0) is 22.8. The van der Waals surface area contributed by atoms with E-state index in [4.69, 9.17) is 5.26 Å². The highest BCUT2D eigenvalue weighted by Crippen LogP contribution is 2.24. The van der Waals surface area contributed by atoms with E-state index in [1.54, 1.807) is 17.2 Å². The zero-order valence-electron chi connectivity index (χ0n) is 18.7. The molecule has 0 aliphatic carbocycles. The average molecular weight is 446 g/mol. The number of hydrogen-bond acceptors (Lipinski definition) is 7. The predicted octanol–water partition coefficient (Wildman–Crippen LogP) is 1.74. The summed E-state index contributed by atoms with van der Waals surface area (Å²) in [6, 6.07) is 10.0. The summed E-state index contributed by atoms with van der Waals surface area (Å²) < 4.78 is 1.75. The third-order valence-corrected chi connectivity index (χ3v) is 6.56. The standard InChI is InChI=1S/C23H27N9O/c1-29-21-20(15-27-29)22(26-16-25-21)31-10-12-32(13-11-31)23(33)28-18-6-8-30(9-7-18)19-4-2-17(14-24)3-5-19/h2-5,15-16,18H,6-13H2,1H3,(H,28,33). The van der Waals surface area contributed by atoms with Crippen LogP contribution in [-0.4, -0.2) is 76.0 Å². The minimum Gasteiger partial charge on any atom is -0.371 e. The summed E-state index contributed by atoms with van der Waals surface area (Å²) in [6.45, 7) is 4.54. The van der Waals surface area contributed by atoms with Crippen LogP contribution in [0.1, 0.15) is 18.4 Å². The summed E-state index contributed by atoms with van der Waals surface area (Å²) in [5.41, 5.74) is 2.61. The molecule has 10 heteroatoms. The Labute approximate surface area is 192 Å². The van der Waals surface area contributed by atoms with Crippen LogP contribution >= 0.6 is 0 Å². The number of benzene rings is 1. The highest BCUT2D eigenvalue weighted by atomic mass is 16.2. The second kappa shape index (κ2) is 8.94. The SMILES string of the molecule is Cn1ncc2c(N3CCN(C(=O)NC4CCN(c5ccc(C#N)cc5)CC4)CC3)ncnc21. The topological polar surface area (TPSA) is 106 Å². The maximum atomic E-state index is 12.9. The van der Waals surface area contributed by atoms with Crippen LogP contribution < -0.4 is 15.1 Å². The van der Waals surface area contributed by atoms with E-state index < -0.39 is 0 Å². The molecule has 0 spiro atoms. The van der Waals surface area contributed by atoms with Crippen molar-refractivity contribution in [1.82, 2.24) is 30.0 Å². The summed E-state index contributed by atoms with van der Waals surface area (Å²) in [4.78, 5) is 28.0. The summed E-state index contributed by atoms with van der Waals surface area (Å²) >= 11 is 0. The molecule has 0 unspecified atom stereocenters. The van der Waals surface area contributed by atoms with E-state index in [0.717, 1.165) is 61.6 Å². The van der Waals surface area contributed by atoms with Crippen molar-refractivity contribution in [2.45, 2.75) is 18.9 Å². The van der Waals surface area contributed by atoms with Gasteiger partial charge in [-0.25, -0.2) is 14.8 Å². The van der Waals surface area contributed by atoms with Crippen molar-refractivity contribution in [2.75, 3.05) is 49.1 Å². The number of aromatic nitrogens is 4. The minimum atomic E-state index is 0.0145. The molecule has 4 heterocycles. The number of rotatable bonds is 3. The molecule has 0 atom stereocenters. The van der Waals surface area contributed by atoms with E-state index in [2.05, 4.69) is 36.3 Å². The number of carbonyl (C=O) groups is 1. The van der Waals surface area contributed by atoms with Gasteiger partial charge >= 0.3 is 6.03 Å². The molecular formula is C23H27N9O. The molecule has 10 nitrogen and oxygen atoms in total. The second-order valence-electron chi connectivity index (χ2n) is 8.55. The number of amides is 2. The highest BCUT2D eigenvalue weighted by molar-refractivity contribution is 5.86. The van der Waals surface area contributed by atoms with Gasteiger partial charge in [0, 0.05) is 58.0 Å². The molecule has 0 saturated carbocycles. The molecule has 1 aromatic carbocycles. The fraction of sp³-hybridized carbons (Fsp3) is 0.435. The van der Waals surface area contributed by atoms with Gasteiger partial charge in [0.05, 0.1) is 23.2 Å². The number of fused-ring (bicyclic) bond motifs is 1. The first-order chi connectivity index (χ1) is 16.1. The quantitative estimate of drug-likeness (QED) is 0.654. The number of anilines is 2. The molecule has 2 aliphatic rings. The van der Waals surface area contributed by atoms with Crippen LogP contribution in [0.4, 0.5) is 16.3 Å². The van der Waals surface area contributed by atoms with E-state index >= 15 is 0 Å². The Morgan fingerprint density at radius 3 is 2.45 bits per heavy atom. The lowest BCUT2D eigenvalue weighted by Crippen LogP contribution is -2.55. The summed E-state index contributed by atoms with van der Waals surface area (Å²) in [5, 5.41) is 17.4. The van der Waals surface area contributed by atoms with Gasteiger partial charge in [0.15, 0.2) is 5.65 Å². The van der Waals surface area contributed by atoms with Crippen molar-refractivity contribution in [1.29, 1.82) is 5.26 Å². The third kappa shape index (κ3) is 4.26. The number of piperazine rings is 1. The van der Waals surface area contributed by atoms with Crippen molar-refractivity contribution in [3.63, 3.8) is 0 Å². The van der Waals surface area contributed by atoms with Gasteiger partial charge in [-0.2, -0.15) is 10.4 Å². The average Bonchev–Trinajstić information content (AvgIpc) is 3.25. The molecule has 2 aliphatic heterocycles. The van der Waals surface area contributed by atoms with E-state index in [9.17, 15) is 4.79 Å². The first-order valence-electron chi connectivity index (χ1n) is 11.3. The summed E-state index contributed by atoms with van der Waals surface area (Å²) in [5.74, 6) is 0.878. The zero-order valence-corrected chi connectivity index (χ0v) is 18.7. The van der Waals surface area contributed by atoms with Gasteiger partial charge in [0.25, 0.3) is 0 Å². The molecule has 2 amide bonds. The van der Waals surface area contributed by atoms with Crippen LogP contribution in [0.25, 0.3) is 11.0 Å². The Morgan fingerprint density at radius 1 is 1.03 bits per heavy atom. The molecule has 5 rings (SSSR count). The molecule has 0 bridgehead atoms. The normalized spacial score (nSPS) is 17.3. The maximum Gasteiger partial charge on any atom is 0.317 e. The number of piperidine rings is 1. The maximum absolute atomic E-state index is 12.9. The molecule has 1 N–H and O–H groups in total. The number of urea groups is 1. The molecule has 2 aromatic heterocycles. The van der Waals surface area contributed by atoms with Crippen molar-refractivity contribution < 1.29 is 4.79 Å². The fourth-order valence-corrected chi connectivity index (χ4v) is 4.62. The Balaban J connectivity index is 1.12. The Bertz CT molecular complexity index is 1170. The monoisotopic (exact) mass is 445 g/mol. The number of aryl methyl sites for hydroxylation is 1. The van der Waals surface area contributed by atoms with Crippen LogP contribution in [0, 0.1) is 11.3 Å². The highest BCUT2D eigenvalue weighted by Gasteiger charge is 2.27. The van der Waals surface area contributed by atoms with Crippen molar-refractivity contribution in [3.8, 4) is 6.07 Å². The lowest BCUT2D eigenvalue weighted by atomic mass is 10.0. The number of nitrogens with one attached hydrogen (secondary N) is 1. The van der Waals surface area contributed by atoms with E-state index in [1.165, 1.54) is 0 Å². The van der Waals surface area contributed by atoms with Crippen molar-refractivity contribution in [2.24, 2.45) is 7.05 Å². The second-order valence-corrected chi connectivity index (χ2v) is 8.55. The summed E-state index contributed by atoms with van der Waals surface area (Å²) in [6.07, 6.45) is 5.19. The van der Waals surface area contributed by atoms with Gasteiger partial charge in [-0.1, -0.05) is 0 Å². The molecule has 3 aromatic rings. The molecule has 2 fully saturated rings. The fourth-order valence-electron chi connectivity index (χ4n) is 4.62. The van der Waals surface area contributed by atoms with E-state index in [-0.39, 0.29) is 12.1 Å². The number of nitriles is 1. The van der Waals surface area contributed by atoms with Crippen molar-refractivity contribution in [3.05, 3.63) is 42.4 Å². The molecule has 0 radical (unpaired) electrons. The largest absolute Gasteiger partial charge is 0.371 e. The van der Waals surface area contributed by atoms with Gasteiger partial charge in [0.1, 0.15) is 12.1 Å². The Hall–Kier alpha value is -3.87. The first kappa shape index (κ1) is 21.0. The smallest absolute Gasteiger partial charge is 0.317 e. The lowest BCUT2D eigenvalue weighted by Gasteiger charge is -2.38. The third-order valence-electron chi connectivity index (χ3n) is 6.56. The lowest BCUT2D eigenvalue weighted by molar-refractivity contribution is 0.188. The van der Waals surface area contributed by atoms with Gasteiger partial charge < -0.3 is 20.0 Å². The van der Waals surface area contributed by atoms with Gasteiger partial charge in [-0.05, 0) is 37.1 Å². The Kier molecular flexibility index (Phi) is 5.69. The number of carbonyl (C=O) groups excluding carboxylic acids is 1. The van der Waals surface area contributed by atoms with E-state index in [0.29, 0.717) is 18.7 Å². The summed E-state index contributed by atoms with van der Waals surface area (Å²) in [7, 11) is 1.87. The van der Waals surface area contributed by atoms with Crippen LogP contribution in [0.5, 0.6) is 0 Å². The number of nitrogens with zero attached hydrogens (tertiary/aromatic N) is 8. The first-order valence-corrected chi connectivity index (χ1v) is 11.3. The Morgan fingerprint density at radius 2 is 1.76 bits per heavy atom. The number of hydrogen-bond donors (Lipinski definition) is 1. The predicted molar refractivity (Wildman–Crippen MR) is 125 cm³/mol. The van der Waals surface area contributed by atoms with Crippen molar-refractivity contribution >= 4 is 28.6 Å². The molecule has 170 valence electrons. The molecular weight excluding hydrogens is 418 g/mol. The van der Waals surface area contributed by atoms with Gasteiger partial charge in [-0.15, -0.1) is 0 Å². The van der Waals surface area contributed by atoms with Gasteiger partial charge in [0.2, 0.25) is 0 Å². The van der Waals surface area contributed by atoms with Crippen LogP contribution in [0.3, 0.4) is 0 Å².